The van der Waals surface area contributed by atoms with Crippen LogP contribution in [-0.2, 0) is 19.3 Å². The molecule has 1 heterocycles. The molecule has 4 nitrogen and oxygen atoms in total. The van der Waals surface area contributed by atoms with Crippen LogP contribution in [0.3, 0.4) is 0 Å². The van der Waals surface area contributed by atoms with Crippen molar-refractivity contribution in [2.75, 3.05) is 13.6 Å². The molecule has 2 atom stereocenters. The lowest BCUT2D eigenvalue weighted by Crippen LogP contribution is -2.22. The molecule has 0 unspecified atom stereocenters. The quantitative estimate of drug-likeness (QED) is 0.794. The summed E-state index contributed by atoms with van der Waals surface area (Å²) < 4.78 is 5.46. The molecule has 0 saturated heterocycles. The second kappa shape index (κ2) is 6.55. The smallest absolute Gasteiger partial charge is 0.119 e. The van der Waals surface area contributed by atoms with E-state index in [1.807, 2.05) is 25.2 Å². The van der Waals surface area contributed by atoms with Crippen LogP contribution < -0.4 is 5.32 Å². The van der Waals surface area contributed by atoms with Crippen LogP contribution in [0, 0.1) is 5.92 Å². The van der Waals surface area contributed by atoms with Gasteiger partial charge in [-0.1, -0.05) is 6.07 Å². The molecule has 0 amide bonds. The van der Waals surface area contributed by atoms with E-state index in [4.69, 9.17) is 4.42 Å². The molecule has 0 spiro atoms. The number of phenols is 1. The van der Waals surface area contributed by atoms with Crippen molar-refractivity contribution in [3.63, 3.8) is 0 Å². The molecular weight excluding hydrogens is 278 g/mol. The Morgan fingerprint density at radius 1 is 1.32 bits per heavy atom. The minimum atomic E-state index is -0.540. The van der Waals surface area contributed by atoms with Gasteiger partial charge in [-0.2, -0.15) is 0 Å². The molecule has 1 aliphatic rings. The number of phenolic OH excluding ortho intramolecular Hbond substituents is 1. The Morgan fingerprint density at radius 3 is 2.91 bits per heavy atom. The zero-order chi connectivity index (χ0) is 15.5. The van der Waals surface area contributed by atoms with Crippen LogP contribution in [-0.4, -0.2) is 23.8 Å². The second-order valence-corrected chi connectivity index (χ2v) is 6.10. The van der Waals surface area contributed by atoms with Gasteiger partial charge in [-0.3, -0.25) is 0 Å². The summed E-state index contributed by atoms with van der Waals surface area (Å²) in [6.07, 6.45) is 4.84. The zero-order valence-corrected chi connectivity index (χ0v) is 12.9. The van der Waals surface area contributed by atoms with Gasteiger partial charge in [0.15, 0.2) is 0 Å². The molecule has 0 aliphatic heterocycles. The number of aliphatic hydroxyl groups is 1. The summed E-state index contributed by atoms with van der Waals surface area (Å²) in [5, 5.41) is 23.5. The zero-order valence-electron chi connectivity index (χ0n) is 12.9. The monoisotopic (exact) mass is 301 g/mol. The second-order valence-electron chi connectivity index (χ2n) is 6.10. The molecule has 22 heavy (non-hydrogen) atoms. The van der Waals surface area contributed by atoms with Crippen LogP contribution >= 0.6 is 0 Å². The first-order valence-corrected chi connectivity index (χ1v) is 7.87. The molecule has 1 aliphatic carbocycles. The number of hydrogen-bond acceptors (Lipinski definition) is 4. The maximum atomic E-state index is 10.3. The Labute approximate surface area is 130 Å². The summed E-state index contributed by atoms with van der Waals surface area (Å²) in [7, 11) is 1.83. The van der Waals surface area contributed by atoms with Gasteiger partial charge in [0.1, 0.15) is 11.5 Å². The Bertz CT molecular complexity index is 622. The van der Waals surface area contributed by atoms with Gasteiger partial charge in [-0.05, 0) is 67.1 Å². The van der Waals surface area contributed by atoms with E-state index in [0.29, 0.717) is 18.2 Å². The van der Waals surface area contributed by atoms with Gasteiger partial charge in [-0.25, -0.2) is 0 Å². The van der Waals surface area contributed by atoms with Crippen molar-refractivity contribution < 1.29 is 14.6 Å². The van der Waals surface area contributed by atoms with Crippen molar-refractivity contribution >= 4 is 0 Å². The topological polar surface area (TPSA) is 65.6 Å². The molecule has 2 aromatic rings. The maximum Gasteiger partial charge on any atom is 0.119 e. The highest BCUT2D eigenvalue weighted by atomic mass is 16.3. The van der Waals surface area contributed by atoms with E-state index in [1.54, 1.807) is 12.3 Å². The molecule has 1 aromatic carbocycles. The number of aromatic hydroxyl groups is 1. The predicted molar refractivity (Wildman–Crippen MR) is 84.9 cm³/mol. The Morgan fingerprint density at radius 2 is 2.18 bits per heavy atom. The Kier molecular flexibility index (Phi) is 4.50. The van der Waals surface area contributed by atoms with Gasteiger partial charge >= 0.3 is 0 Å². The molecule has 3 N–H and O–H groups in total. The number of furan rings is 1. The summed E-state index contributed by atoms with van der Waals surface area (Å²) in [5.41, 5.74) is 3.06. The first-order valence-electron chi connectivity index (χ1n) is 7.87. The van der Waals surface area contributed by atoms with E-state index in [9.17, 15) is 10.2 Å². The third-order valence-corrected chi connectivity index (χ3v) is 4.56. The average Bonchev–Trinajstić information content (AvgIpc) is 3.00. The minimum absolute atomic E-state index is 0.354. The van der Waals surface area contributed by atoms with E-state index in [1.165, 1.54) is 0 Å². The fourth-order valence-electron chi connectivity index (χ4n) is 3.46. The molecule has 118 valence electrons. The molecule has 0 radical (unpaired) electrons. The third-order valence-electron chi connectivity index (χ3n) is 4.56. The van der Waals surface area contributed by atoms with Gasteiger partial charge in [0.05, 0.1) is 12.4 Å². The van der Waals surface area contributed by atoms with E-state index < -0.39 is 6.10 Å². The number of hydrogen-bond donors (Lipinski definition) is 3. The standard InChI is InChI=1S/C18H23NO3/c1-19-11-18(21)15-6-7-17(20)14-5-4-12(10-16(14)15)9-13-3-2-8-22-13/h2-3,6-8,12,18-21H,4-5,9-11H2,1H3/t12-,18-/m0/s1. The normalized spacial score (nSPS) is 18.9. The minimum Gasteiger partial charge on any atom is -0.508 e. The average molecular weight is 301 g/mol. The first-order chi connectivity index (χ1) is 10.7. The number of nitrogens with one attached hydrogen (secondary N) is 1. The molecule has 0 fully saturated rings. The number of likely N-dealkylation sites (N-methyl/N-ethyl adjacent to an activating group) is 1. The molecule has 1 aromatic heterocycles. The van der Waals surface area contributed by atoms with Crippen molar-refractivity contribution in [3.05, 3.63) is 53.0 Å². The van der Waals surface area contributed by atoms with Crippen LogP contribution in [0.4, 0.5) is 0 Å². The fraction of sp³-hybridized carbons (Fsp3) is 0.444. The number of rotatable bonds is 5. The summed E-state index contributed by atoms with van der Waals surface area (Å²) in [6, 6.07) is 7.49. The van der Waals surface area contributed by atoms with Crippen LogP contribution in [0.1, 0.15) is 35.0 Å². The number of aliphatic hydroxyl groups excluding tert-OH is 1. The lowest BCUT2D eigenvalue weighted by atomic mass is 9.78. The van der Waals surface area contributed by atoms with Gasteiger partial charge in [-0.15, -0.1) is 0 Å². The lowest BCUT2D eigenvalue weighted by molar-refractivity contribution is 0.175. The highest BCUT2D eigenvalue weighted by Crippen LogP contribution is 2.37. The third kappa shape index (κ3) is 3.03. The molecule has 3 rings (SSSR count). The van der Waals surface area contributed by atoms with Crippen LogP contribution in [0.5, 0.6) is 5.75 Å². The summed E-state index contributed by atoms with van der Waals surface area (Å²) in [6.45, 7) is 0.514. The van der Waals surface area contributed by atoms with Crippen molar-refractivity contribution in [1.82, 2.24) is 5.32 Å². The Balaban J connectivity index is 1.85. The van der Waals surface area contributed by atoms with Crippen molar-refractivity contribution in [2.45, 2.75) is 31.8 Å². The summed E-state index contributed by atoms with van der Waals surface area (Å²) in [5.74, 6) is 1.85. The molecule has 0 saturated carbocycles. The van der Waals surface area contributed by atoms with E-state index >= 15 is 0 Å². The van der Waals surface area contributed by atoms with E-state index in [-0.39, 0.29) is 0 Å². The Hall–Kier alpha value is -1.78. The van der Waals surface area contributed by atoms with Crippen molar-refractivity contribution in [1.29, 1.82) is 0 Å². The highest BCUT2D eigenvalue weighted by Gasteiger charge is 2.26. The van der Waals surface area contributed by atoms with Crippen LogP contribution in [0.2, 0.25) is 0 Å². The SMILES string of the molecule is CNC[C@H](O)c1ccc(O)c2c1C[C@H](Cc1ccco1)CC2. The number of fused-ring (bicyclic) bond motifs is 1. The maximum absolute atomic E-state index is 10.3. The van der Waals surface area contributed by atoms with Gasteiger partial charge in [0, 0.05) is 13.0 Å². The van der Waals surface area contributed by atoms with Crippen molar-refractivity contribution in [2.24, 2.45) is 5.92 Å². The van der Waals surface area contributed by atoms with E-state index in [0.717, 1.165) is 48.1 Å². The lowest BCUT2D eigenvalue weighted by Gasteiger charge is -2.28. The molecule has 4 heteroatoms. The fourth-order valence-corrected chi connectivity index (χ4v) is 3.46. The summed E-state index contributed by atoms with van der Waals surface area (Å²) >= 11 is 0. The number of benzene rings is 1. The summed E-state index contributed by atoms with van der Waals surface area (Å²) in [4.78, 5) is 0. The van der Waals surface area contributed by atoms with Crippen LogP contribution in [0.25, 0.3) is 0 Å². The molecule has 0 bridgehead atoms. The van der Waals surface area contributed by atoms with Gasteiger partial charge in [0.2, 0.25) is 0 Å². The molecular formula is C18H23NO3. The predicted octanol–water partition coefficient (Wildman–Crippen LogP) is 2.59. The van der Waals surface area contributed by atoms with Crippen molar-refractivity contribution in [3.8, 4) is 5.75 Å². The van der Waals surface area contributed by atoms with Crippen LogP contribution in [0.15, 0.2) is 34.9 Å². The van der Waals surface area contributed by atoms with E-state index in [2.05, 4.69) is 5.32 Å². The highest BCUT2D eigenvalue weighted by molar-refractivity contribution is 5.47. The van der Waals surface area contributed by atoms with Gasteiger partial charge in [0.25, 0.3) is 0 Å². The van der Waals surface area contributed by atoms with Gasteiger partial charge < -0.3 is 19.9 Å². The largest absolute Gasteiger partial charge is 0.508 e. The first kappa shape index (κ1) is 15.1.